The van der Waals surface area contributed by atoms with E-state index in [-0.39, 0.29) is 26.8 Å². The van der Waals surface area contributed by atoms with E-state index >= 15 is 0 Å². The second kappa shape index (κ2) is 1.58. The average molecular weight is 202 g/mol. The van der Waals surface area contributed by atoms with E-state index in [1.54, 1.807) is 3.22 Å². The predicted molar refractivity (Wildman–Crippen MR) is 15.2 cm³/mol. The van der Waals surface area contributed by atoms with Gasteiger partial charge < -0.3 is 0 Å². The first-order chi connectivity index (χ1) is 2.80. The van der Waals surface area contributed by atoms with Gasteiger partial charge in [0.1, 0.15) is 0 Å². The summed E-state index contributed by atoms with van der Waals surface area (Å²) in [6.07, 6.45) is 0. The van der Waals surface area contributed by atoms with Gasteiger partial charge in [-0.05, 0) is 0 Å². The minimum absolute atomic E-state index is 0.0926. The van der Waals surface area contributed by atoms with Crippen LogP contribution in [-0.4, -0.2) is 7.77 Å². The molecule has 2 unspecified atom stereocenters. The standard InChI is InChI=1S/CH5IN3O/c3-5(6)4-1-2-4/h5H,1,3H2/q-1. The van der Waals surface area contributed by atoms with Gasteiger partial charge in [0.05, 0.1) is 0 Å². The van der Waals surface area contributed by atoms with Crippen molar-refractivity contribution in [3.8, 4) is 0 Å². The number of nitrogens with one attached hydrogen (secondary N) is 1. The summed E-state index contributed by atoms with van der Waals surface area (Å²) in [5.74, 6) is 4.81. The molecule has 2 atom stereocenters. The maximum absolute atomic E-state index is 9.94. The molecular weight excluding hydrogens is 197 g/mol. The van der Waals surface area contributed by atoms with Gasteiger partial charge in [0.15, 0.2) is 0 Å². The summed E-state index contributed by atoms with van der Waals surface area (Å²) in [4.78, 5) is 0. The van der Waals surface area contributed by atoms with Gasteiger partial charge in [0.2, 0.25) is 0 Å². The minimum atomic E-state index is -0.247. The van der Waals surface area contributed by atoms with Crippen LogP contribution in [0, 0.1) is 5.21 Å². The summed E-state index contributed by atoms with van der Waals surface area (Å²) in [7, 11) is 0. The molecule has 0 aromatic heterocycles. The van der Waals surface area contributed by atoms with E-state index in [1.165, 1.54) is 0 Å². The van der Waals surface area contributed by atoms with Crippen LogP contribution < -0.4 is 32.6 Å². The molecule has 0 aromatic rings. The first-order valence-electron chi connectivity index (χ1n) is 1.47. The summed E-state index contributed by atoms with van der Waals surface area (Å²) in [5, 5.41) is 9.69. The number of halogens is 1. The van der Waals surface area contributed by atoms with E-state index in [0.29, 0.717) is 0 Å². The number of quaternary nitrogens is 1. The monoisotopic (exact) mass is 202 g/mol. The molecule has 1 aliphatic heterocycles. The Morgan fingerprint density at radius 2 is 2.50 bits per heavy atom. The van der Waals surface area contributed by atoms with Crippen molar-refractivity contribution in [2.75, 3.05) is 4.55 Å². The predicted octanol–water partition coefficient (Wildman–Crippen LogP) is -5.57. The number of alkyl halides is 1. The van der Waals surface area contributed by atoms with Gasteiger partial charge >= 0.3 is 45.6 Å². The van der Waals surface area contributed by atoms with Crippen LogP contribution in [0.1, 0.15) is 0 Å². The van der Waals surface area contributed by atoms with Gasteiger partial charge in [-0.2, -0.15) is 0 Å². The molecule has 0 saturated carbocycles. The topological polar surface area (TPSA) is 56.5 Å². The van der Waals surface area contributed by atoms with Gasteiger partial charge in [-0.25, -0.2) is 0 Å². The number of hydrogen-bond acceptors (Lipinski definition) is 3. The summed E-state index contributed by atoms with van der Waals surface area (Å²) in [6, 6.07) is 0. The van der Waals surface area contributed by atoms with Crippen molar-refractivity contribution in [1.29, 1.82) is 0 Å². The quantitative estimate of drug-likeness (QED) is 0.0847. The molecule has 0 aliphatic carbocycles. The van der Waals surface area contributed by atoms with Crippen LogP contribution in [0.3, 0.4) is 0 Å². The van der Waals surface area contributed by atoms with Crippen LogP contribution in [0.25, 0.3) is 0 Å². The Kier molecular flexibility index (Phi) is 1.25. The molecule has 0 radical (unpaired) electrons. The van der Waals surface area contributed by atoms with Crippen LogP contribution >= 0.6 is 0 Å². The van der Waals surface area contributed by atoms with Crippen molar-refractivity contribution in [2.24, 2.45) is 5.84 Å². The van der Waals surface area contributed by atoms with Crippen molar-refractivity contribution < 1.29 is 26.8 Å². The Morgan fingerprint density at radius 1 is 2.00 bits per heavy atom. The molecule has 1 saturated heterocycles. The number of nitrogens with two attached hydrogens (primary N) is 1. The van der Waals surface area contributed by atoms with Crippen molar-refractivity contribution in [2.45, 2.75) is 0 Å². The summed E-state index contributed by atoms with van der Waals surface area (Å²) in [5.41, 5.74) is 0. The Bertz CT molecular complexity index is 52.8. The van der Waals surface area contributed by atoms with Crippen LogP contribution in [0.15, 0.2) is 0 Å². The van der Waals surface area contributed by atoms with Crippen LogP contribution in [0.5, 0.6) is 0 Å². The first-order valence-corrected chi connectivity index (χ1v) is 3.96. The van der Waals surface area contributed by atoms with Gasteiger partial charge in [0, 0.05) is 0 Å². The van der Waals surface area contributed by atoms with Crippen molar-refractivity contribution in [1.82, 2.24) is 3.22 Å². The molecule has 3 N–H and O–H groups in total. The van der Waals surface area contributed by atoms with Gasteiger partial charge in [-0.1, -0.05) is 0 Å². The van der Waals surface area contributed by atoms with Gasteiger partial charge in [0.25, 0.3) is 0 Å². The summed E-state index contributed by atoms with van der Waals surface area (Å²) in [6.45, 7) is 0. The zero-order chi connectivity index (χ0) is 4.57. The fourth-order valence-electron chi connectivity index (χ4n) is 0.145. The van der Waals surface area contributed by atoms with Crippen molar-refractivity contribution in [3.05, 3.63) is 5.21 Å². The molecule has 0 aromatic carbocycles. The summed E-state index contributed by atoms with van der Waals surface area (Å²) >= 11 is 0.0926. The van der Waals surface area contributed by atoms with Crippen LogP contribution in [0.4, 0.5) is 0 Å². The van der Waals surface area contributed by atoms with Crippen LogP contribution in [0.2, 0.25) is 0 Å². The van der Waals surface area contributed by atoms with E-state index in [4.69, 9.17) is 5.84 Å². The van der Waals surface area contributed by atoms with E-state index in [2.05, 4.69) is 0 Å². The molecule has 0 bridgehead atoms. The third kappa shape index (κ3) is 1.02. The Morgan fingerprint density at radius 3 is 2.50 bits per heavy atom. The van der Waals surface area contributed by atoms with Crippen LogP contribution in [-0.2, 0) is 0 Å². The molecule has 1 aliphatic rings. The molecular formula is CH5IN3O-. The molecule has 0 amide bonds. The zero-order valence-electron chi connectivity index (χ0n) is 3.02. The normalized spacial score (nSPS) is 37.3. The van der Waals surface area contributed by atoms with E-state index in [0.717, 1.165) is 4.55 Å². The molecule has 1 fully saturated rings. The fraction of sp³-hybridized carbons (Fsp3) is 1.00. The van der Waals surface area contributed by atoms with E-state index < -0.39 is 0 Å². The van der Waals surface area contributed by atoms with Crippen molar-refractivity contribution in [3.63, 3.8) is 0 Å². The average Bonchev–Trinajstić information content (AvgIpc) is 2.06. The molecule has 38 valence electrons. The van der Waals surface area contributed by atoms with Gasteiger partial charge in [-0.15, -0.1) is 0 Å². The third-order valence-corrected chi connectivity index (χ3v) is 2.32. The molecule has 1 rings (SSSR count). The molecule has 5 heteroatoms. The molecule has 4 nitrogen and oxygen atoms in total. The Balaban J connectivity index is 2.13. The number of rotatable bonds is 1. The van der Waals surface area contributed by atoms with Crippen molar-refractivity contribution >= 4 is 0 Å². The number of hydrogen-bond donors (Lipinski definition) is 2. The summed E-state index contributed by atoms with van der Waals surface area (Å²) < 4.78 is 2.63. The second-order valence-electron chi connectivity index (χ2n) is 0.939. The maximum atomic E-state index is 9.94. The second-order valence-corrected chi connectivity index (χ2v) is 3.47. The Labute approximate surface area is 46.0 Å². The van der Waals surface area contributed by atoms with E-state index in [9.17, 15) is 5.21 Å². The van der Waals surface area contributed by atoms with E-state index in [1.807, 2.05) is 0 Å². The number of nitrogens with zero attached hydrogens (tertiary/aromatic N) is 1. The molecule has 6 heavy (non-hydrogen) atoms. The zero-order valence-corrected chi connectivity index (χ0v) is 5.18. The SMILES string of the molecule is N[NH+]([O-])N1C[I-]1. The molecule has 0 spiro atoms. The Hall–Kier alpha value is 0.570. The third-order valence-electron chi connectivity index (χ3n) is 0.478. The fourth-order valence-corrected chi connectivity index (χ4v) is 0.970. The first kappa shape index (κ1) is 4.72. The molecule has 1 heterocycles. The van der Waals surface area contributed by atoms with Gasteiger partial charge in [-0.3, -0.25) is 0 Å².